The Hall–Kier alpha value is -2.47. The fourth-order valence-electron chi connectivity index (χ4n) is 2.06. The van der Waals surface area contributed by atoms with Crippen molar-refractivity contribution in [3.05, 3.63) is 65.7 Å². The molecule has 2 rings (SSSR count). The number of aliphatic hydroxyl groups is 1. The maximum Gasteiger partial charge on any atom is 0.188 e. The first kappa shape index (κ1) is 16.9. The Balaban J connectivity index is 1.84. The molecule has 122 valence electrons. The zero-order chi connectivity index (χ0) is 16.7. The second-order valence-corrected chi connectivity index (χ2v) is 5.48. The normalized spacial score (nSPS) is 14.3. The average molecular weight is 316 g/mol. The van der Waals surface area contributed by atoms with Crippen molar-refractivity contribution in [1.82, 2.24) is 10.3 Å². The molecule has 0 saturated carbocycles. The number of hydrogen-bond acceptors (Lipinski definition) is 3. The maximum absolute atomic E-state index is 12.9. The number of nitrogens with zero attached hydrogens (tertiary/aromatic N) is 2. The number of aliphatic imine (C=N–C) groups is 1. The van der Waals surface area contributed by atoms with Crippen molar-refractivity contribution >= 4 is 5.96 Å². The molecule has 0 saturated heterocycles. The lowest BCUT2D eigenvalue weighted by atomic mass is 9.96. The first-order valence-electron chi connectivity index (χ1n) is 7.39. The van der Waals surface area contributed by atoms with Crippen molar-refractivity contribution in [1.29, 1.82) is 0 Å². The number of hydrogen-bond donors (Lipinski definition) is 3. The van der Waals surface area contributed by atoms with E-state index in [1.807, 2.05) is 18.2 Å². The molecule has 0 fully saturated rings. The summed E-state index contributed by atoms with van der Waals surface area (Å²) >= 11 is 0. The van der Waals surface area contributed by atoms with Crippen LogP contribution in [0.4, 0.5) is 4.39 Å². The summed E-state index contributed by atoms with van der Waals surface area (Å²) in [7, 11) is 0. The van der Waals surface area contributed by atoms with Crippen LogP contribution >= 0.6 is 0 Å². The van der Waals surface area contributed by atoms with E-state index in [0.29, 0.717) is 12.1 Å². The van der Waals surface area contributed by atoms with Gasteiger partial charge >= 0.3 is 0 Å². The molecule has 1 aromatic heterocycles. The Morgan fingerprint density at radius 3 is 2.70 bits per heavy atom. The van der Waals surface area contributed by atoms with Crippen molar-refractivity contribution < 1.29 is 9.50 Å². The van der Waals surface area contributed by atoms with E-state index < -0.39 is 5.60 Å². The van der Waals surface area contributed by atoms with Crippen LogP contribution in [0.15, 0.2) is 53.7 Å². The van der Waals surface area contributed by atoms with Crippen LogP contribution in [0.5, 0.6) is 0 Å². The van der Waals surface area contributed by atoms with Crippen LogP contribution < -0.4 is 11.1 Å². The standard InChI is InChI=1S/C17H21FN4O/c1-17(23,13-5-7-14(18)8-6-13)12-22-16(19)21-11-9-15-4-2-3-10-20-15/h2-8,10,23H,9,11-12H2,1H3,(H3,19,21,22). The summed E-state index contributed by atoms with van der Waals surface area (Å²) in [6, 6.07) is 11.4. The SMILES string of the molecule is CC(O)(CN=C(N)NCCc1ccccn1)c1ccc(F)cc1. The molecule has 0 aliphatic heterocycles. The highest BCUT2D eigenvalue weighted by Gasteiger charge is 2.22. The zero-order valence-corrected chi connectivity index (χ0v) is 13.0. The van der Waals surface area contributed by atoms with Crippen molar-refractivity contribution in [3.8, 4) is 0 Å². The van der Waals surface area contributed by atoms with Gasteiger partial charge in [-0.1, -0.05) is 18.2 Å². The number of guanidine groups is 1. The summed E-state index contributed by atoms with van der Waals surface area (Å²) in [5.41, 5.74) is 6.14. The molecule has 0 aliphatic rings. The number of pyridine rings is 1. The molecule has 5 nitrogen and oxygen atoms in total. The second-order valence-electron chi connectivity index (χ2n) is 5.48. The number of halogens is 1. The molecule has 6 heteroatoms. The van der Waals surface area contributed by atoms with Crippen LogP contribution in [0.25, 0.3) is 0 Å². The fraction of sp³-hybridized carbons (Fsp3) is 0.294. The molecule has 0 aliphatic carbocycles. The van der Waals surface area contributed by atoms with Gasteiger partial charge in [-0.25, -0.2) is 4.39 Å². The Morgan fingerprint density at radius 1 is 1.30 bits per heavy atom. The van der Waals surface area contributed by atoms with Gasteiger partial charge in [0.1, 0.15) is 11.4 Å². The van der Waals surface area contributed by atoms with Gasteiger partial charge in [-0.05, 0) is 36.8 Å². The van der Waals surface area contributed by atoms with E-state index in [9.17, 15) is 9.50 Å². The summed E-state index contributed by atoms with van der Waals surface area (Å²) in [5.74, 6) is -0.0907. The second kappa shape index (κ2) is 7.69. The van der Waals surface area contributed by atoms with Gasteiger partial charge in [-0.15, -0.1) is 0 Å². The molecule has 1 heterocycles. The first-order chi connectivity index (χ1) is 11.0. The van der Waals surface area contributed by atoms with Crippen molar-refractivity contribution in [3.63, 3.8) is 0 Å². The first-order valence-corrected chi connectivity index (χ1v) is 7.39. The minimum absolute atomic E-state index is 0.0844. The van der Waals surface area contributed by atoms with E-state index in [-0.39, 0.29) is 18.3 Å². The molecule has 1 unspecified atom stereocenters. The van der Waals surface area contributed by atoms with Crippen molar-refractivity contribution in [2.75, 3.05) is 13.1 Å². The average Bonchev–Trinajstić information content (AvgIpc) is 2.54. The Kier molecular flexibility index (Phi) is 5.65. The fourth-order valence-corrected chi connectivity index (χ4v) is 2.06. The summed E-state index contributed by atoms with van der Waals surface area (Å²) < 4.78 is 12.9. The largest absolute Gasteiger partial charge is 0.384 e. The van der Waals surface area contributed by atoms with E-state index in [1.165, 1.54) is 24.3 Å². The molecule has 1 aromatic carbocycles. The predicted octanol–water partition coefficient (Wildman–Crippen LogP) is 1.58. The number of nitrogens with two attached hydrogens (primary N) is 1. The van der Waals surface area contributed by atoms with Gasteiger partial charge in [0.05, 0.1) is 6.54 Å². The summed E-state index contributed by atoms with van der Waals surface area (Å²) in [5, 5.41) is 13.4. The highest BCUT2D eigenvalue weighted by molar-refractivity contribution is 5.77. The van der Waals surface area contributed by atoms with Crippen LogP contribution in [0.2, 0.25) is 0 Å². The molecular weight excluding hydrogens is 295 g/mol. The molecule has 0 amide bonds. The minimum Gasteiger partial charge on any atom is -0.384 e. The molecule has 0 bridgehead atoms. The van der Waals surface area contributed by atoms with E-state index in [0.717, 1.165) is 12.1 Å². The van der Waals surface area contributed by atoms with Gasteiger partial charge < -0.3 is 16.2 Å². The quantitative estimate of drug-likeness (QED) is 0.558. The molecule has 0 radical (unpaired) electrons. The minimum atomic E-state index is -1.21. The van der Waals surface area contributed by atoms with Gasteiger partial charge in [0.15, 0.2) is 5.96 Å². The van der Waals surface area contributed by atoms with Crippen LogP contribution in [0, 0.1) is 5.82 Å². The van der Waals surface area contributed by atoms with Gasteiger partial charge in [-0.2, -0.15) is 0 Å². The molecule has 23 heavy (non-hydrogen) atoms. The van der Waals surface area contributed by atoms with E-state index in [2.05, 4.69) is 15.3 Å². The van der Waals surface area contributed by atoms with E-state index >= 15 is 0 Å². The van der Waals surface area contributed by atoms with Crippen LogP contribution in [0.3, 0.4) is 0 Å². The molecule has 0 spiro atoms. The number of aromatic nitrogens is 1. The van der Waals surface area contributed by atoms with Gasteiger partial charge in [0, 0.05) is 24.9 Å². The van der Waals surface area contributed by atoms with E-state index in [1.54, 1.807) is 13.1 Å². The highest BCUT2D eigenvalue weighted by atomic mass is 19.1. The van der Waals surface area contributed by atoms with Gasteiger partial charge in [-0.3, -0.25) is 9.98 Å². The zero-order valence-electron chi connectivity index (χ0n) is 13.0. The Bertz CT molecular complexity index is 641. The van der Waals surface area contributed by atoms with Crippen molar-refractivity contribution in [2.24, 2.45) is 10.7 Å². The summed E-state index contributed by atoms with van der Waals surface area (Å²) in [6.07, 6.45) is 2.47. The summed E-state index contributed by atoms with van der Waals surface area (Å²) in [4.78, 5) is 8.36. The topological polar surface area (TPSA) is 83.5 Å². The third kappa shape index (κ3) is 5.34. The summed E-state index contributed by atoms with van der Waals surface area (Å²) in [6.45, 7) is 2.30. The number of rotatable bonds is 6. The lowest BCUT2D eigenvalue weighted by Gasteiger charge is -2.22. The van der Waals surface area contributed by atoms with E-state index in [4.69, 9.17) is 5.73 Å². The van der Waals surface area contributed by atoms with Crippen molar-refractivity contribution in [2.45, 2.75) is 18.9 Å². The van der Waals surface area contributed by atoms with Crippen LogP contribution in [-0.4, -0.2) is 29.1 Å². The monoisotopic (exact) mass is 316 g/mol. The Morgan fingerprint density at radius 2 is 2.04 bits per heavy atom. The van der Waals surface area contributed by atoms with Crippen LogP contribution in [-0.2, 0) is 12.0 Å². The third-order valence-corrected chi connectivity index (χ3v) is 3.44. The predicted molar refractivity (Wildman–Crippen MR) is 88.4 cm³/mol. The lowest BCUT2D eigenvalue weighted by molar-refractivity contribution is 0.0672. The van der Waals surface area contributed by atoms with Crippen LogP contribution in [0.1, 0.15) is 18.2 Å². The molecule has 1 atom stereocenters. The molecule has 2 aromatic rings. The molecule has 4 N–H and O–H groups in total. The smallest absolute Gasteiger partial charge is 0.188 e. The van der Waals surface area contributed by atoms with Gasteiger partial charge in [0.25, 0.3) is 0 Å². The lowest BCUT2D eigenvalue weighted by Crippen LogP contribution is -2.35. The highest BCUT2D eigenvalue weighted by Crippen LogP contribution is 2.21. The maximum atomic E-state index is 12.9. The molecular formula is C17H21FN4O. The number of benzene rings is 1. The Labute approximate surface area is 135 Å². The van der Waals surface area contributed by atoms with Gasteiger partial charge in [0.2, 0.25) is 0 Å². The number of nitrogens with one attached hydrogen (secondary N) is 1. The third-order valence-electron chi connectivity index (χ3n) is 3.44.